The van der Waals surface area contributed by atoms with Gasteiger partial charge < -0.3 is 15.8 Å². The van der Waals surface area contributed by atoms with Crippen molar-refractivity contribution in [2.24, 2.45) is 5.73 Å². The predicted molar refractivity (Wildman–Crippen MR) is 52.2 cm³/mol. The Morgan fingerprint density at radius 3 is 3.07 bits per heavy atom. The predicted octanol–water partition coefficient (Wildman–Crippen LogP) is 1.24. The Balaban J connectivity index is 2.56. The van der Waals surface area contributed by atoms with Crippen molar-refractivity contribution in [3.63, 3.8) is 0 Å². The maximum Gasteiger partial charge on any atom is 0.328 e. The molecule has 0 bridgehead atoms. The molecule has 1 aromatic rings. The van der Waals surface area contributed by atoms with Crippen LogP contribution in [0.15, 0.2) is 6.20 Å². The Labute approximate surface area is 86.1 Å². The van der Waals surface area contributed by atoms with Gasteiger partial charge in [0.2, 0.25) is 0 Å². The molecule has 1 unspecified atom stereocenters. The van der Waals surface area contributed by atoms with Crippen LogP contribution in [0.1, 0.15) is 24.0 Å². The number of carboxylic acids is 1. The average molecular weight is 215 g/mol. The van der Waals surface area contributed by atoms with Crippen LogP contribution in [0, 0.1) is 0 Å². The van der Waals surface area contributed by atoms with E-state index in [0.717, 1.165) is 18.4 Å². The van der Waals surface area contributed by atoms with Crippen LogP contribution in [-0.2, 0) is 16.8 Å². The van der Waals surface area contributed by atoms with Crippen LogP contribution in [0.2, 0.25) is 5.15 Å². The maximum absolute atomic E-state index is 11.1. The number of nitrogens with two attached hydrogens (primary N) is 1. The van der Waals surface area contributed by atoms with Gasteiger partial charge in [-0.1, -0.05) is 11.6 Å². The lowest BCUT2D eigenvalue weighted by Gasteiger charge is -2.29. The molecule has 0 aliphatic heterocycles. The molecule has 0 fully saturated rings. The maximum atomic E-state index is 11.1. The van der Waals surface area contributed by atoms with E-state index in [0.29, 0.717) is 17.1 Å². The van der Waals surface area contributed by atoms with E-state index < -0.39 is 11.5 Å². The molecule has 0 spiro atoms. The first-order valence-corrected chi connectivity index (χ1v) is 4.82. The van der Waals surface area contributed by atoms with Gasteiger partial charge in [0.25, 0.3) is 0 Å². The summed E-state index contributed by atoms with van der Waals surface area (Å²) in [4.78, 5) is 13.9. The van der Waals surface area contributed by atoms with Gasteiger partial charge in [0.15, 0.2) is 0 Å². The molecular formula is C9H11ClN2O2. The molecule has 1 aromatic heterocycles. The SMILES string of the molecule is NC1(C(=O)O)CCCc2c1c[nH]c2Cl. The third-order valence-corrected chi connectivity index (χ3v) is 3.13. The number of hydrogen-bond donors (Lipinski definition) is 3. The second-order valence-corrected chi connectivity index (χ2v) is 4.00. The first kappa shape index (κ1) is 9.55. The zero-order chi connectivity index (χ0) is 10.3. The van der Waals surface area contributed by atoms with Crippen LogP contribution in [0.5, 0.6) is 0 Å². The number of aliphatic carboxylic acids is 1. The van der Waals surface area contributed by atoms with Crippen molar-refractivity contribution in [2.45, 2.75) is 24.8 Å². The minimum atomic E-state index is -1.27. The minimum absolute atomic E-state index is 0.462. The van der Waals surface area contributed by atoms with Gasteiger partial charge in [0.05, 0.1) is 0 Å². The highest BCUT2D eigenvalue weighted by Crippen LogP contribution is 2.36. The summed E-state index contributed by atoms with van der Waals surface area (Å²) in [5.74, 6) is -0.992. The van der Waals surface area contributed by atoms with Gasteiger partial charge >= 0.3 is 5.97 Å². The number of carbonyl (C=O) groups is 1. The number of carboxylic acid groups (broad SMARTS) is 1. The van der Waals surface area contributed by atoms with Gasteiger partial charge in [0, 0.05) is 11.8 Å². The first-order chi connectivity index (χ1) is 6.55. The molecule has 14 heavy (non-hydrogen) atoms. The number of halogens is 1. The standard InChI is InChI=1S/C9H11ClN2O2/c10-7-5-2-1-3-9(11,8(13)14)6(5)4-12-7/h4,12H,1-3,11H2,(H,13,14). The normalized spacial score (nSPS) is 25.9. The molecule has 0 aromatic carbocycles. The van der Waals surface area contributed by atoms with Gasteiger partial charge in [-0.3, -0.25) is 0 Å². The number of nitrogens with one attached hydrogen (secondary N) is 1. The van der Waals surface area contributed by atoms with Crippen LogP contribution in [-0.4, -0.2) is 16.1 Å². The van der Waals surface area contributed by atoms with E-state index in [9.17, 15) is 4.79 Å². The lowest BCUT2D eigenvalue weighted by atomic mass is 9.79. The monoisotopic (exact) mass is 214 g/mol. The Kier molecular flexibility index (Phi) is 2.05. The summed E-state index contributed by atoms with van der Waals surface area (Å²) < 4.78 is 0. The van der Waals surface area contributed by atoms with E-state index in [4.69, 9.17) is 22.4 Å². The highest BCUT2D eigenvalue weighted by molar-refractivity contribution is 6.30. The molecule has 1 aliphatic rings. The van der Waals surface area contributed by atoms with Crippen molar-refractivity contribution in [3.05, 3.63) is 22.5 Å². The van der Waals surface area contributed by atoms with Crippen molar-refractivity contribution >= 4 is 17.6 Å². The van der Waals surface area contributed by atoms with Gasteiger partial charge in [-0.15, -0.1) is 0 Å². The molecule has 0 radical (unpaired) electrons. The van der Waals surface area contributed by atoms with Crippen molar-refractivity contribution in [1.82, 2.24) is 4.98 Å². The van der Waals surface area contributed by atoms with Crippen LogP contribution < -0.4 is 5.73 Å². The summed E-state index contributed by atoms with van der Waals surface area (Å²) in [5, 5.41) is 9.58. The van der Waals surface area contributed by atoms with E-state index in [1.54, 1.807) is 6.20 Å². The van der Waals surface area contributed by atoms with Crippen molar-refractivity contribution < 1.29 is 9.90 Å². The number of H-pyrrole nitrogens is 1. The smallest absolute Gasteiger partial charge is 0.328 e. The average Bonchev–Trinajstić information content (AvgIpc) is 2.50. The van der Waals surface area contributed by atoms with Gasteiger partial charge in [-0.2, -0.15) is 0 Å². The molecule has 4 nitrogen and oxygen atoms in total. The van der Waals surface area contributed by atoms with Crippen molar-refractivity contribution in [2.75, 3.05) is 0 Å². The van der Waals surface area contributed by atoms with Gasteiger partial charge in [0.1, 0.15) is 10.7 Å². The van der Waals surface area contributed by atoms with Crippen molar-refractivity contribution in [3.8, 4) is 0 Å². The number of aromatic amines is 1. The van der Waals surface area contributed by atoms with Crippen LogP contribution >= 0.6 is 11.6 Å². The Morgan fingerprint density at radius 1 is 1.71 bits per heavy atom. The summed E-state index contributed by atoms with van der Waals surface area (Å²) in [6, 6.07) is 0. The molecule has 2 rings (SSSR count). The highest BCUT2D eigenvalue weighted by Gasteiger charge is 2.41. The minimum Gasteiger partial charge on any atom is -0.480 e. The fourth-order valence-corrected chi connectivity index (χ4v) is 2.22. The highest BCUT2D eigenvalue weighted by atomic mass is 35.5. The summed E-state index contributed by atoms with van der Waals surface area (Å²) in [7, 11) is 0. The Bertz CT molecular complexity index is 388. The zero-order valence-corrected chi connectivity index (χ0v) is 8.27. The van der Waals surface area contributed by atoms with Crippen LogP contribution in [0.25, 0.3) is 0 Å². The zero-order valence-electron chi connectivity index (χ0n) is 7.51. The van der Waals surface area contributed by atoms with E-state index >= 15 is 0 Å². The van der Waals surface area contributed by atoms with E-state index in [1.807, 2.05) is 0 Å². The quantitative estimate of drug-likeness (QED) is 0.658. The van der Waals surface area contributed by atoms with Gasteiger partial charge in [-0.05, 0) is 24.8 Å². The number of hydrogen-bond acceptors (Lipinski definition) is 2. The summed E-state index contributed by atoms with van der Waals surface area (Å²) in [5.41, 5.74) is 6.06. The lowest BCUT2D eigenvalue weighted by molar-refractivity contribution is -0.144. The van der Waals surface area contributed by atoms with E-state index in [1.165, 1.54) is 0 Å². The number of rotatable bonds is 1. The van der Waals surface area contributed by atoms with Gasteiger partial charge in [-0.25, -0.2) is 4.79 Å². The molecule has 0 saturated heterocycles. The molecule has 1 aliphatic carbocycles. The summed E-state index contributed by atoms with van der Waals surface area (Å²) >= 11 is 5.89. The molecular weight excluding hydrogens is 204 g/mol. The molecule has 0 amide bonds. The largest absolute Gasteiger partial charge is 0.480 e. The summed E-state index contributed by atoms with van der Waals surface area (Å²) in [6.07, 6.45) is 3.62. The van der Waals surface area contributed by atoms with Crippen LogP contribution in [0.3, 0.4) is 0 Å². The molecule has 1 atom stereocenters. The fourth-order valence-electron chi connectivity index (χ4n) is 1.97. The third-order valence-electron chi connectivity index (χ3n) is 2.79. The lowest BCUT2D eigenvalue weighted by Crippen LogP contribution is -2.46. The Hall–Kier alpha value is -1.00. The summed E-state index contributed by atoms with van der Waals surface area (Å²) in [6.45, 7) is 0. The topological polar surface area (TPSA) is 79.1 Å². The number of aromatic nitrogens is 1. The van der Waals surface area contributed by atoms with Crippen LogP contribution in [0.4, 0.5) is 0 Å². The second-order valence-electron chi connectivity index (χ2n) is 3.62. The van der Waals surface area contributed by atoms with Crippen molar-refractivity contribution in [1.29, 1.82) is 0 Å². The third kappa shape index (κ3) is 1.14. The molecule has 76 valence electrons. The van der Waals surface area contributed by atoms with E-state index in [2.05, 4.69) is 4.98 Å². The second kappa shape index (κ2) is 3.00. The molecule has 1 heterocycles. The first-order valence-electron chi connectivity index (χ1n) is 4.44. The van der Waals surface area contributed by atoms with E-state index in [-0.39, 0.29) is 0 Å². The number of fused-ring (bicyclic) bond motifs is 1. The molecule has 4 N–H and O–H groups in total. The molecule has 5 heteroatoms. The molecule has 0 saturated carbocycles. The Morgan fingerprint density at radius 2 is 2.43 bits per heavy atom. The fraction of sp³-hybridized carbons (Fsp3) is 0.444.